The van der Waals surface area contributed by atoms with E-state index in [0.29, 0.717) is 0 Å². The molecule has 0 amide bonds. The minimum atomic E-state index is -1.17. The maximum absolute atomic E-state index is 11.8. The first-order valence-corrected chi connectivity index (χ1v) is 7.00. The first kappa shape index (κ1) is 15.2. The van der Waals surface area contributed by atoms with Crippen molar-refractivity contribution in [3.63, 3.8) is 0 Å². The molecule has 1 heterocycles. The molecule has 1 aliphatic rings. The third kappa shape index (κ3) is 2.64. The molecule has 1 aromatic heterocycles. The van der Waals surface area contributed by atoms with Crippen molar-refractivity contribution >= 4 is 22.0 Å². The Bertz CT molecular complexity index is 623. The Morgan fingerprint density at radius 1 is 1.40 bits per heavy atom. The Morgan fingerprint density at radius 2 is 2.10 bits per heavy atom. The highest BCUT2D eigenvalue weighted by molar-refractivity contribution is 9.11. The van der Waals surface area contributed by atoms with E-state index in [0.717, 1.165) is 0 Å². The lowest BCUT2D eigenvalue weighted by atomic mass is 10.1. The molecule has 110 valence electrons. The van der Waals surface area contributed by atoms with Crippen molar-refractivity contribution < 1.29 is 15.3 Å². The van der Waals surface area contributed by atoms with Crippen molar-refractivity contribution in [3.8, 4) is 0 Å². The number of nitrogens with one attached hydrogen (secondary N) is 1. The van der Waals surface area contributed by atoms with Gasteiger partial charge in [-0.25, -0.2) is 4.79 Å². The summed E-state index contributed by atoms with van der Waals surface area (Å²) in [6.07, 6.45) is 0.785. The number of halogens is 1. The molecule has 7 nitrogen and oxygen atoms in total. The molecule has 0 radical (unpaired) electrons. The van der Waals surface area contributed by atoms with Gasteiger partial charge in [0.15, 0.2) is 0 Å². The Kier molecular flexibility index (Phi) is 4.59. The number of aliphatic hydroxyl groups is 3. The van der Waals surface area contributed by atoms with Crippen molar-refractivity contribution in [2.24, 2.45) is 5.92 Å². The summed E-state index contributed by atoms with van der Waals surface area (Å²) in [6.45, 7) is -0.277. The van der Waals surface area contributed by atoms with Crippen LogP contribution in [0, 0.1) is 5.92 Å². The zero-order valence-electron chi connectivity index (χ0n) is 10.4. The molecule has 0 aromatic carbocycles. The van der Waals surface area contributed by atoms with Gasteiger partial charge in [0.2, 0.25) is 0 Å². The van der Waals surface area contributed by atoms with Crippen molar-refractivity contribution in [2.75, 3.05) is 6.61 Å². The van der Waals surface area contributed by atoms with Crippen LogP contribution in [0.1, 0.15) is 18.0 Å². The molecule has 4 N–H and O–H groups in total. The standard InChI is InChI=1S/C12H15BrN2O5/c13-2-1-6-4-15(12(20)14-11(6)19)8-3-7(5-16)9(17)10(8)18/h1-2,4,7-10,16-18H,3,5H2,(H,14,19,20)/b2-1+/t7-,8-,9-,10-/m1/s1. The minimum absolute atomic E-state index is 0.246. The summed E-state index contributed by atoms with van der Waals surface area (Å²) in [6, 6.07) is -0.686. The van der Waals surface area contributed by atoms with Gasteiger partial charge in [-0.2, -0.15) is 0 Å². The van der Waals surface area contributed by atoms with Gasteiger partial charge in [-0.3, -0.25) is 14.3 Å². The van der Waals surface area contributed by atoms with E-state index >= 15 is 0 Å². The molecule has 1 aromatic rings. The average molecular weight is 347 g/mol. The molecule has 1 aliphatic carbocycles. The molecule has 1 fully saturated rings. The summed E-state index contributed by atoms with van der Waals surface area (Å²) in [5, 5.41) is 28.9. The fourth-order valence-corrected chi connectivity index (χ4v) is 2.77. The van der Waals surface area contributed by atoms with Crippen LogP contribution in [0.5, 0.6) is 0 Å². The van der Waals surface area contributed by atoms with Crippen LogP contribution in [0.15, 0.2) is 20.8 Å². The Balaban J connectivity index is 2.46. The van der Waals surface area contributed by atoms with Crippen LogP contribution in [0.3, 0.4) is 0 Å². The zero-order valence-corrected chi connectivity index (χ0v) is 12.0. The highest BCUT2D eigenvalue weighted by atomic mass is 79.9. The number of aromatic nitrogens is 2. The highest BCUT2D eigenvalue weighted by Gasteiger charge is 2.42. The van der Waals surface area contributed by atoms with Crippen molar-refractivity contribution in [1.82, 2.24) is 9.55 Å². The summed E-state index contributed by atoms with van der Waals surface area (Å²) in [7, 11) is 0. The second-order valence-corrected chi connectivity index (χ2v) is 5.30. The Morgan fingerprint density at radius 3 is 2.65 bits per heavy atom. The average Bonchev–Trinajstić information content (AvgIpc) is 2.70. The van der Waals surface area contributed by atoms with Crippen LogP contribution in [0.4, 0.5) is 0 Å². The third-order valence-electron chi connectivity index (χ3n) is 3.60. The van der Waals surface area contributed by atoms with Gasteiger partial charge in [0.05, 0.1) is 17.7 Å². The summed E-state index contributed by atoms with van der Waals surface area (Å²) >= 11 is 3.05. The van der Waals surface area contributed by atoms with Gasteiger partial charge >= 0.3 is 5.69 Å². The molecular weight excluding hydrogens is 332 g/mol. The normalized spacial score (nSPS) is 30.2. The maximum Gasteiger partial charge on any atom is 0.328 e. The second-order valence-electron chi connectivity index (χ2n) is 4.77. The van der Waals surface area contributed by atoms with E-state index in [1.54, 1.807) is 0 Å². The molecule has 0 saturated heterocycles. The number of aromatic amines is 1. The number of nitrogens with zero attached hydrogens (tertiary/aromatic N) is 1. The van der Waals surface area contributed by atoms with Crippen LogP contribution < -0.4 is 11.2 Å². The van der Waals surface area contributed by atoms with Crippen LogP contribution >= 0.6 is 15.9 Å². The number of hydrogen-bond acceptors (Lipinski definition) is 5. The molecular formula is C12H15BrN2O5. The summed E-state index contributed by atoms with van der Waals surface area (Å²) in [4.78, 5) is 27.1. The van der Waals surface area contributed by atoms with Gasteiger partial charge < -0.3 is 15.3 Å². The maximum atomic E-state index is 11.8. The molecule has 1 saturated carbocycles. The van der Waals surface area contributed by atoms with Crippen LogP contribution in [0.2, 0.25) is 0 Å². The van der Waals surface area contributed by atoms with E-state index in [1.165, 1.54) is 21.8 Å². The van der Waals surface area contributed by atoms with Crippen molar-refractivity contribution in [3.05, 3.63) is 37.6 Å². The molecule has 20 heavy (non-hydrogen) atoms. The number of hydrogen-bond donors (Lipinski definition) is 4. The molecule has 4 atom stereocenters. The molecule has 0 bridgehead atoms. The van der Waals surface area contributed by atoms with E-state index in [9.17, 15) is 19.8 Å². The summed E-state index contributed by atoms with van der Waals surface area (Å²) < 4.78 is 1.19. The Labute approximate surface area is 122 Å². The molecule has 0 spiro atoms. The number of rotatable bonds is 3. The highest BCUT2D eigenvalue weighted by Crippen LogP contribution is 2.34. The molecule has 0 aliphatic heterocycles. The SMILES string of the molecule is O=c1[nH]c(=O)n([C@@H]2C[C@H](CO)[C@@H](O)[C@@H]2O)cc1/C=C/Br. The lowest BCUT2D eigenvalue weighted by Crippen LogP contribution is -2.38. The van der Waals surface area contributed by atoms with E-state index in [-0.39, 0.29) is 18.6 Å². The monoisotopic (exact) mass is 346 g/mol. The number of H-pyrrole nitrogens is 1. The summed E-state index contributed by atoms with van der Waals surface area (Å²) in [5.41, 5.74) is -0.944. The quantitative estimate of drug-likeness (QED) is 0.570. The topological polar surface area (TPSA) is 116 Å². The van der Waals surface area contributed by atoms with Gasteiger partial charge in [0.1, 0.15) is 6.10 Å². The molecule has 0 unspecified atom stereocenters. The third-order valence-corrected chi connectivity index (χ3v) is 3.87. The minimum Gasteiger partial charge on any atom is -0.396 e. The van der Waals surface area contributed by atoms with Crippen molar-refractivity contribution in [1.29, 1.82) is 0 Å². The zero-order chi connectivity index (χ0) is 14.9. The Hall–Kier alpha value is -1.22. The number of aliphatic hydroxyl groups excluding tert-OH is 3. The predicted molar refractivity (Wildman–Crippen MR) is 75.5 cm³/mol. The van der Waals surface area contributed by atoms with Gasteiger partial charge in [-0.05, 0) is 17.5 Å². The van der Waals surface area contributed by atoms with Gasteiger partial charge in [-0.15, -0.1) is 0 Å². The van der Waals surface area contributed by atoms with E-state index in [4.69, 9.17) is 5.11 Å². The predicted octanol–water partition coefficient (Wildman–Crippen LogP) is -0.823. The lowest BCUT2D eigenvalue weighted by molar-refractivity contribution is -0.00456. The largest absolute Gasteiger partial charge is 0.396 e. The van der Waals surface area contributed by atoms with Crippen LogP contribution in [0.25, 0.3) is 6.08 Å². The first-order chi connectivity index (χ1) is 9.49. The molecule has 8 heteroatoms. The fraction of sp³-hybridized carbons (Fsp3) is 0.500. The van der Waals surface area contributed by atoms with Crippen LogP contribution in [-0.4, -0.2) is 43.7 Å². The van der Waals surface area contributed by atoms with Gasteiger partial charge in [0.25, 0.3) is 5.56 Å². The lowest BCUT2D eigenvalue weighted by Gasteiger charge is -2.19. The van der Waals surface area contributed by atoms with Crippen molar-refractivity contribution in [2.45, 2.75) is 24.7 Å². The van der Waals surface area contributed by atoms with Crippen LogP contribution in [-0.2, 0) is 0 Å². The van der Waals surface area contributed by atoms with Gasteiger partial charge in [0, 0.05) is 18.7 Å². The first-order valence-electron chi connectivity index (χ1n) is 6.08. The van der Waals surface area contributed by atoms with E-state index < -0.39 is 35.4 Å². The smallest absolute Gasteiger partial charge is 0.328 e. The summed E-state index contributed by atoms with van der Waals surface area (Å²) in [5.74, 6) is -0.496. The second kappa shape index (κ2) is 6.04. The van der Waals surface area contributed by atoms with E-state index in [1.807, 2.05) is 0 Å². The van der Waals surface area contributed by atoms with E-state index in [2.05, 4.69) is 20.9 Å². The van der Waals surface area contributed by atoms with Gasteiger partial charge in [-0.1, -0.05) is 15.9 Å². The fourth-order valence-electron chi connectivity index (χ4n) is 2.49. The molecule has 2 rings (SSSR count).